The van der Waals surface area contributed by atoms with Crippen LogP contribution < -0.4 is 4.90 Å². The molecule has 1 nitrogen and oxygen atoms in total. The summed E-state index contributed by atoms with van der Waals surface area (Å²) in [5.74, 6) is 0. The van der Waals surface area contributed by atoms with Gasteiger partial charge in [-0.1, -0.05) is 130 Å². The van der Waals surface area contributed by atoms with Gasteiger partial charge in [-0.15, -0.1) is 0 Å². The molecule has 0 spiro atoms. The number of hydrogen-bond donors (Lipinski definition) is 0. The molecule has 1 heteroatoms. The molecule has 6 aromatic carbocycles. The zero-order valence-corrected chi connectivity index (χ0v) is 26.1. The molecule has 6 aromatic rings. The van der Waals surface area contributed by atoms with Gasteiger partial charge in [-0.05, 0) is 93.4 Å². The van der Waals surface area contributed by atoms with Gasteiger partial charge in [-0.3, -0.25) is 0 Å². The van der Waals surface area contributed by atoms with Gasteiger partial charge in [0.15, 0.2) is 0 Å². The van der Waals surface area contributed by atoms with Crippen LogP contribution in [0.1, 0.15) is 55.5 Å². The fourth-order valence-electron chi connectivity index (χ4n) is 7.72. The van der Waals surface area contributed by atoms with Crippen molar-refractivity contribution in [3.05, 3.63) is 161 Å². The Balaban J connectivity index is 1.32. The molecule has 0 fully saturated rings. The van der Waals surface area contributed by atoms with Crippen molar-refractivity contribution in [2.24, 2.45) is 0 Å². The van der Waals surface area contributed by atoms with E-state index >= 15 is 0 Å². The van der Waals surface area contributed by atoms with E-state index in [0.717, 1.165) is 0 Å². The maximum Gasteiger partial charge on any atom is 0.0543 e. The highest BCUT2D eigenvalue weighted by Crippen LogP contribution is 2.55. The normalized spacial score (nSPS) is 14.8. The number of nitrogens with zero attached hydrogens (tertiary/aromatic N) is 1. The van der Waals surface area contributed by atoms with Crippen LogP contribution in [0.4, 0.5) is 17.1 Å². The highest BCUT2D eigenvalue weighted by Gasteiger charge is 2.39. The third kappa shape index (κ3) is 3.85. The number of aryl methyl sites for hydroxylation is 1. The third-order valence-electron chi connectivity index (χ3n) is 10.1. The minimum atomic E-state index is -0.127. The second kappa shape index (κ2) is 9.56. The Morgan fingerprint density at radius 1 is 0.432 bits per heavy atom. The molecule has 0 aromatic heterocycles. The number of hydrogen-bond acceptors (Lipinski definition) is 1. The van der Waals surface area contributed by atoms with Gasteiger partial charge >= 0.3 is 0 Å². The van der Waals surface area contributed by atoms with Gasteiger partial charge in [-0.2, -0.15) is 0 Å². The summed E-state index contributed by atoms with van der Waals surface area (Å²) in [4.78, 5) is 2.48. The van der Waals surface area contributed by atoms with E-state index in [9.17, 15) is 0 Å². The fourth-order valence-corrected chi connectivity index (χ4v) is 7.72. The minimum absolute atomic E-state index is 0.0566. The largest absolute Gasteiger partial charge is 0.310 e. The molecule has 0 radical (unpaired) electrons. The predicted octanol–water partition coefficient (Wildman–Crippen LogP) is 11.7. The first-order valence-corrected chi connectivity index (χ1v) is 15.7. The molecular formula is C43H37N. The van der Waals surface area contributed by atoms with Crippen molar-refractivity contribution in [1.82, 2.24) is 0 Å². The van der Waals surface area contributed by atoms with Crippen molar-refractivity contribution < 1.29 is 0 Å². The van der Waals surface area contributed by atoms with Crippen LogP contribution in [0, 0.1) is 6.92 Å². The van der Waals surface area contributed by atoms with Crippen molar-refractivity contribution >= 4 is 17.1 Å². The Bertz CT molecular complexity index is 2060. The molecule has 0 atom stereocenters. The average Bonchev–Trinajstić information content (AvgIpc) is 3.42. The smallest absolute Gasteiger partial charge is 0.0543 e. The summed E-state index contributed by atoms with van der Waals surface area (Å²) < 4.78 is 0. The summed E-state index contributed by atoms with van der Waals surface area (Å²) in [5.41, 5.74) is 18.1. The van der Waals surface area contributed by atoms with Crippen molar-refractivity contribution in [3.8, 4) is 33.4 Å². The Labute approximate surface area is 261 Å². The lowest BCUT2D eigenvalue weighted by atomic mass is 9.81. The van der Waals surface area contributed by atoms with Crippen molar-refractivity contribution in [3.63, 3.8) is 0 Å². The van der Waals surface area contributed by atoms with Gasteiger partial charge in [0, 0.05) is 27.8 Å². The van der Waals surface area contributed by atoms with E-state index in [1.165, 1.54) is 78.3 Å². The Kier molecular flexibility index (Phi) is 5.81. The third-order valence-corrected chi connectivity index (χ3v) is 10.1. The molecule has 0 saturated carbocycles. The number of rotatable bonds is 4. The molecule has 44 heavy (non-hydrogen) atoms. The van der Waals surface area contributed by atoms with Crippen LogP contribution in [-0.2, 0) is 10.8 Å². The van der Waals surface area contributed by atoms with Crippen LogP contribution in [-0.4, -0.2) is 0 Å². The van der Waals surface area contributed by atoms with Gasteiger partial charge in [0.1, 0.15) is 0 Å². The maximum absolute atomic E-state index is 2.48. The molecule has 2 aliphatic carbocycles. The van der Waals surface area contributed by atoms with Gasteiger partial charge in [-0.25, -0.2) is 0 Å². The van der Waals surface area contributed by atoms with Crippen LogP contribution in [0.15, 0.2) is 133 Å². The van der Waals surface area contributed by atoms with Gasteiger partial charge in [0.05, 0.1) is 5.69 Å². The summed E-state index contributed by atoms with van der Waals surface area (Å²) in [5, 5.41) is 0. The van der Waals surface area contributed by atoms with Gasteiger partial charge in [0.2, 0.25) is 0 Å². The van der Waals surface area contributed by atoms with Crippen LogP contribution in [0.25, 0.3) is 33.4 Å². The first-order chi connectivity index (χ1) is 21.2. The van der Waals surface area contributed by atoms with E-state index in [0.29, 0.717) is 0 Å². The van der Waals surface area contributed by atoms with Gasteiger partial charge < -0.3 is 4.90 Å². The molecular weight excluding hydrogens is 530 g/mol. The topological polar surface area (TPSA) is 3.24 Å². The molecule has 8 rings (SSSR count). The van der Waals surface area contributed by atoms with E-state index < -0.39 is 0 Å². The van der Waals surface area contributed by atoms with E-state index in [1.54, 1.807) is 0 Å². The van der Waals surface area contributed by atoms with Crippen LogP contribution in [0.2, 0.25) is 0 Å². The van der Waals surface area contributed by atoms with Crippen LogP contribution in [0.3, 0.4) is 0 Å². The number of fused-ring (bicyclic) bond motifs is 6. The number of anilines is 3. The quantitative estimate of drug-likeness (QED) is 0.205. The Morgan fingerprint density at radius 3 is 1.82 bits per heavy atom. The highest BCUT2D eigenvalue weighted by atomic mass is 15.1. The second-order valence-corrected chi connectivity index (χ2v) is 13.5. The monoisotopic (exact) mass is 567 g/mol. The summed E-state index contributed by atoms with van der Waals surface area (Å²) in [6.07, 6.45) is 0. The Hall–Kier alpha value is -4.88. The first kappa shape index (κ1) is 26.7. The van der Waals surface area contributed by atoms with E-state index in [4.69, 9.17) is 0 Å². The summed E-state index contributed by atoms with van der Waals surface area (Å²) in [7, 11) is 0. The standard InChI is InChI=1S/C43H37N/c1-28-18-21-31(22-19-28)44(40-17-11-16-37-41(40)35-14-9-10-15-36(35)42(37,2)3)32-23-25-34-33-24-20-30(29-12-7-6-8-13-29)26-38(33)43(4,5)39(34)27-32/h6-27H,1-5H3. The lowest BCUT2D eigenvalue weighted by molar-refractivity contribution is 0.660. The molecule has 0 saturated heterocycles. The first-order valence-electron chi connectivity index (χ1n) is 15.7. The SMILES string of the molecule is Cc1ccc(N(c2ccc3c(c2)C(C)(C)c2cc(-c4ccccc4)ccc2-3)c2cccc3c2-c2ccccc2C3(C)C)cc1. The zero-order valence-electron chi connectivity index (χ0n) is 26.1. The summed E-state index contributed by atoms with van der Waals surface area (Å²) in [6.45, 7) is 11.6. The van der Waals surface area contributed by atoms with E-state index in [1.807, 2.05) is 0 Å². The maximum atomic E-state index is 2.48. The minimum Gasteiger partial charge on any atom is -0.310 e. The lowest BCUT2D eigenvalue weighted by Crippen LogP contribution is -2.17. The molecule has 0 bridgehead atoms. The van der Waals surface area contributed by atoms with Crippen LogP contribution in [0.5, 0.6) is 0 Å². The predicted molar refractivity (Wildman–Crippen MR) is 186 cm³/mol. The molecule has 0 unspecified atom stereocenters. The van der Waals surface area contributed by atoms with Crippen LogP contribution >= 0.6 is 0 Å². The Morgan fingerprint density at radius 2 is 1.05 bits per heavy atom. The van der Waals surface area contributed by atoms with Gasteiger partial charge in [0.25, 0.3) is 0 Å². The number of benzene rings is 6. The molecule has 0 amide bonds. The van der Waals surface area contributed by atoms with Crippen molar-refractivity contribution in [2.45, 2.75) is 45.4 Å². The molecule has 0 aliphatic heterocycles. The van der Waals surface area contributed by atoms with E-state index in [-0.39, 0.29) is 10.8 Å². The molecule has 0 N–H and O–H groups in total. The summed E-state index contributed by atoms with van der Waals surface area (Å²) in [6, 6.07) is 49.6. The second-order valence-electron chi connectivity index (χ2n) is 13.5. The highest BCUT2D eigenvalue weighted by molar-refractivity contribution is 5.96. The van der Waals surface area contributed by atoms with E-state index in [2.05, 4.69) is 173 Å². The molecule has 214 valence electrons. The average molecular weight is 568 g/mol. The summed E-state index contributed by atoms with van der Waals surface area (Å²) >= 11 is 0. The van der Waals surface area contributed by atoms with Crippen molar-refractivity contribution in [1.29, 1.82) is 0 Å². The lowest BCUT2D eigenvalue weighted by Gasteiger charge is -2.30. The van der Waals surface area contributed by atoms with Crippen molar-refractivity contribution in [2.75, 3.05) is 4.90 Å². The zero-order chi connectivity index (χ0) is 30.2. The molecule has 0 heterocycles. The fraction of sp³-hybridized carbons (Fsp3) is 0.163. The molecule has 2 aliphatic rings.